The van der Waals surface area contributed by atoms with Gasteiger partial charge in [0.25, 0.3) is 5.91 Å². The van der Waals surface area contributed by atoms with Gasteiger partial charge >= 0.3 is 5.97 Å². The Morgan fingerprint density at radius 1 is 1.12 bits per heavy atom. The standard InChI is InChI=1S/C19H21NO5S/c1-12-9-16(13(2)26-12)17(21)7-8-19(23)25-11-18(22)20-14-5-4-6-15(10-14)24-3/h4-6,9-10H,7-8,11H2,1-3H3,(H,20,22). The Labute approximate surface area is 156 Å². The minimum Gasteiger partial charge on any atom is -0.497 e. The number of hydrogen-bond acceptors (Lipinski definition) is 6. The van der Waals surface area contributed by atoms with E-state index in [2.05, 4.69) is 5.32 Å². The number of esters is 1. The summed E-state index contributed by atoms with van der Waals surface area (Å²) in [5.41, 5.74) is 1.19. The molecule has 0 radical (unpaired) electrons. The number of aryl methyl sites for hydroxylation is 2. The molecule has 0 saturated heterocycles. The number of Topliss-reactive ketones (excluding diaryl/α,β-unsaturated/α-hetero) is 1. The van der Waals surface area contributed by atoms with E-state index in [1.165, 1.54) is 7.11 Å². The fraction of sp³-hybridized carbons (Fsp3) is 0.316. The van der Waals surface area contributed by atoms with Gasteiger partial charge in [-0.3, -0.25) is 14.4 Å². The largest absolute Gasteiger partial charge is 0.497 e. The second kappa shape index (κ2) is 9.15. The zero-order valence-corrected chi connectivity index (χ0v) is 15.8. The van der Waals surface area contributed by atoms with Crippen LogP contribution in [0.25, 0.3) is 0 Å². The van der Waals surface area contributed by atoms with E-state index >= 15 is 0 Å². The van der Waals surface area contributed by atoms with Gasteiger partial charge in [-0.05, 0) is 32.0 Å². The normalized spacial score (nSPS) is 10.3. The van der Waals surface area contributed by atoms with Gasteiger partial charge in [-0.1, -0.05) is 6.07 Å². The molecule has 1 amide bonds. The topological polar surface area (TPSA) is 81.7 Å². The smallest absolute Gasteiger partial charge is 0.306 e. The molecule has 1 aromatic carbocycles. The maximum Gasteiger partial charge on any atom is 0.306 e. The summed E-state index contributed by atoms with van der Waals surface area (Å²) < 4.78 is 9.99. The zero-order chi connectivity index (χ0) is 19.1. The third-order valence-electron chi connectivity index (χ3n) is 3.62. The first-order valence-electron chi connectivity index (χ1n) is 8.09. The minimum atomic E-state index is -0.580. The molecule has 0 saturated carbocycles. The number of amides is 1. The van der Waals surface area contributed by atoms with Gasteiger partial charge in [-0.2, -0.15) is 0 Å². The van der Waals surface area contributed by atoms with E-state index in [9.17, 15) is 14.4 Å². The molecule has 1 heterocycles. The lowest BCUT2D eigenvalue weighted by molar-refractivity contribution is -0.147. The van der Waals surface area contributed by atoms with Crippen molar-refractivity contribution >= 4 is 34.7 Å². The summed E-state index contributed by atoms with van der Waals surface area (Å²) in [7, 11) is 1.53. The molecule has 0 unspecified atom stereocenters. The highest BCUT2D eigenvalue weighted by Crippen LogP contribution is 2.22. The summed E-state index contributed by atoms with van der Waals surface area (Å²) in [5, 5.41) is 2.61. The molecule has 0 bridgehead atoms. The van der Waals surface area contributed by atoms with Crippen LogP contribution in [0.4, 0.5) is 5.69 Å². The maximum absolute atomic E-state index is 12.1. The maximum atomic E-state index is 12.1. The molecular weight excluding hydrogens is 354 g/mol. The fourth-order valence-electron chi connectivity index (χ4n) is 2.37. The molecule has 0 aliphatic heterocycles. The number of nitrogens with one attached hydrogen (secondary N) is 1. The van der Waals surface area contributed by atoms with Gasteiger partial charge < -0.3 is 14.8 Å². The quantitative estimate of drug-likeness (QED) is 0.564. The Morgan fingerprint density at radius 2 is 1.88 bits per heavy atom. The molecule has 0 atom stereocenters. The molecule has 6 nitrogen and oxygen atoms in total. The van der Waals surface area contributed by atoms with Crippen molar-refractivity contribution < 1.29 is 23.9 Å². The number of thiophene rings is 1. The Kier molecular flexibility index (Phi) is 6.91. The fourth-order valence-corrected chi connectivity index (χ4v) is 3.32. The van der Waals surface area contributed by atoms with Crippen LogP contribution in [0.3, 0.4) is 0 Å². The molecule has 1 N–H and O–H groups in total. The number of hydrogen-bond donors (Lipinski definition) is 1. The van der Waals surface area contributed by atoms with E-state index in [0.717, 1.165) is 9.75 Å². The summed E-state index contributed by atoms with van der Waals surface area (Å²) in [6, 6.07) is 8.68. The molecule has 7 heteroatoms. The zero-order valence-electron chi connectivity index (χ0n) is 15.0. The highest BCUT2D eigenvalue weighted by atomic mass is 32.1. The minimum absolute atomic E-state index is 0.0559. The number of ketones is 1. The van der Waals surface area contributed by atoms with Gasteiger partial charge in [0.1, 0.15) is 5.75 Å². The average molecular weight is 375 g/mol. The summed E-state index contributed by atoms with van der Waals surface area (Å²) >= 11 is 1.55. The molecule has 0 spiro atoms. The number of carbonyl (C=O) groups excluding carboxylic acids is 3. The second-order valence-corrected chi connectivity index (χ2v) is 7.15. The van der Waals surface area contributed by atoms with E-state index < -0.39 is 18.5 Å². The molecule has 138 valence electrons. The van der Waals surface area contributed by atoms with E-state index in [-0.39, 0.29) is 18.6 Å². The van der Waals surface area contributed by atoms with E-state index in [0.29, 0.717) is 17.0 Å². The van der Waals surface area contributed by atoms with Gasteiger partial charge in [0, 0.05) is 33.5 Å². The highest BCUT2D eigenvalue weighted by molar-refractivity contribution is 7.12. The van der Waals surface area contributed by atoms with Crippen LogP contribution >= 0.6 is 11.3 Å². The molecular formula is C19H21NO5S. The molecule has 2 rings (SSSR count). The van der Waals surface area contributed by atoms with Gasteiger partial charge in [0.2, 0.25) is 0 Å². The van der Waals surface area contributed by atoms with Crippen LogP contribution in [-0.2, 0) is 14.3 Å². The predicted octanol–water partition coefficient (Wildman–Crippen LogP) is 3.52. The summed E-state index contributed by atoms with van der Waals surface area (Å²) in [6.45, 7) is 3.41. The van der Waals surface area contributed by atoms with Crippen LogP contribution in [0.1, 0.15) is 33.0 Å². The van der Waals surface area contributed by atoms with E-state index in [1.54, 1.807) is 35.6 Å². The Hall–Kier alpha value is -2.67. The Bertz CT molecular complexity index is 812. The van der Waals surface area contributed by atoms with Crippen molar-refractivity contribution in [2.45, 2.75) is 26.7 Å². The number of rotatable bonds is 8. The van der Waals surface area contributed by atoms with Crippen LogP contribution in [-0.4, -0.2) is 31.4 Å². The molecule has 1 aromatic heterocycles. The summed E-state index contributed by atoms with van der Waals surface area (Å²) in [6.07, 6.45) is 0.00690. The summed E-state index contributed by atoms with van der Waals surface area (Å²) in [4.78, 5) is 37.7. The first-order valence-corrected chi connectivity index (χ1v) is 8.90. The predicted molar refractivity (Wildman–Crippen MR) is 99.9 cm³/mol. The van der Waals surface area contributed by atoms with Crippen molar-refractivity contribution in [1.82, 2.24) is 0 Å². The van der Waals surface area contributed by atoms with Crippen molar-refractivity contribution in [1.29, 1.82) is 0 Å². The van der Waals surface area contributed by atoms with Crippen molar-refractivity contribution in [2.24, 2.45) is 0 Å². The number of anilines is 1. The average Bonchev–Trinajstić information content (AvgIpc) is 2.96. The third kappa shape index (κ3) is 5.70. The highest BCUT2D eigenvalue weighted by Gasteiger charge is 2.15. The molecule has 0 aliphatic rings. The Balaban J connectivity index is 1.75. The molecule has 26 heavy (non-hydrogen) atoms. The van der Waals surface area contributed by atoms with Crippen LogP contribution in [0.2, 0.25) is 0 Å². The molecule has 0 fully saturated rings. The SMILES string of the molecule is COc1cccc(NC(=O)COC(=O)CCC(=O)c2cc(C)sc2C)c1. The van der Waals surface area contributed by atoms with E-state index in [4.69, 9.17) is 9.47 Å². The van der Waals surface area contributed by atoms with Crippen LogP contribution in [0.15, 0.2) is 30.3 Å². The van der Waals surface area contributed by atoms with Crippen molar-refractivity contribution in [2.75, 3.05) is 19.0 Å². The van der Waals surface area contributed by atoms with Crippen LogP contribution in [0.5, 0.6) is 5.75 Å². The lowest BCUT2D eigenvalue weighted by Crippen LogP contribution is -2.21. The first-order chi connectivity index (χ1) is 12.4. The number of carbonyl (C=O) groups is 3. The first kappa shape index (κ1) is 19.7. The number of methoxy groups -OCH3 is 1. The number of benzene rings is 1. The third-order valence-corrected chi connectivity index (χ3v) is 4.58. The van der Waals surface area contributed by atoms with Gasteiger partial charge in [0.05, 0.1) is 13.5 Å². The Morgan fingerprint density at radius 3 is 2.54 bits per heavy atom. The van der Waals surface area contributed by atoms with Crippen molar-refractivity contribution in [3.63, 3.8) is 0 Å². The number of ether oxygens (including phenoxy) is 2. The lowest BCUT2D eigenvalue weighted by atomic mass is 10.1. The van der Waals surface area contributed by atoms with Gasteiger partial charge in [-0.15, -0.1) is 11.3 Å². The molecule has 0 aliphatic carbocycles. The van der Waals surface area contributed by atoms with Gasteiger partial charge in [0.15, 0.2) is 12.4 Å². The second-order valence-electron chi connectivity index (χ2n) is 5.69. The monoisotopic (exact) mass is 375 g/mol. The van der Waals surface area contributed by atoms with E-state index in [1.807, 2.05) is 19.9 Å². The lowest BCUT2D eigenvalue weighted by Gasteiger charge is -2.08. The summed E-state index contributed by atoms with van der Waals surface area (Å²) in [5.74, 6) is -0.520. The van der Waals surface area contributed by atoms with Crippen molar-refractivity contribution in [3.8, 4) is 5.75 Å². The molecule has 2 aromatic rings. The van der Waals surface area contributed by atoms with Crippen molar-refractivity contribution in [3.05, 3.63) is 45.6 Å². The van der Waals surface area contributed by atoms with Gasteiger partial charge in [-0.25, -0.2) is 0 Å². The van der Waals surface area contributed by atoms with Crippen LogP contribution in [0, 0.1) is 13.8 Å². The van der Waals surface area contributed by atoms with Crippen LogP contribution < -0.4 is 10.1 Å².